The minimum absolute atomic E-state index is 0.0258. The zero-order valence-electron chi connectivity index (χ0n) is 15.6. The minimum Gasteiger partial charge on any atom is -0.454 e. The van der Waals surface area contributed by atoms with Gasteiger partial charge in [-0.2, -0.15) is 5.26 Å². The Hall–Kier alpha value is -3.73. The summed E-state index contributed by atoms with van der Waals surface area (Å²) in [6.45, 7) is 2.39. The number of hydrogen-bond donors (Lipinski definition) is 1. The van der Waals surface area contributed by atoms with Crippen LogP contribution in [0.25, 0.3) is 0 Å². The average molecular weight is 394 g/mol. The van der Waals surface area contributed by atoms with E-state index in [4.69, 9.17) is 9.47 Å². The first kappa shape index (κ1) is 18.6. The summed E-state index contributed by atoms with van der Waals surface area (Å²) in [5.41, 5.74) is 1.63. The van der Waals surface area contributed by atoms with E-state index in [-0.39, 0.29) is 24.1 Å². The van der Waals surface area contributed by atoms with Crippen LogP contribution in [0.2, 0.25) is 0 Å². The fourth-order valence-corrected chi connectivity index (χ4v) is 3.27. The predicted molar refractivity (Wildman–Crippen MR) is 105 cm³/mol. The van der Waals surface area contributed by atoms with E-state index in [1.54, 1.807) is 35.2 Å². The highest BCUT2D eigenvalue weighted by Crippen LogP contribution is 2.34. The number of carbonyl (C=O) groups excluding carboxylic acids is 1. The van der Waals surface area contributed by atoms with Gasteiger partial charge in [0.2, 0.25) is 6.79 Å². The first-order valence-corrected chi connectivity index (χ1v) is 9.20. The van der Waals surface area contributed by atoms with Gasteiger partial charge >= 0.3 is 0 Å². The molecule has 0 bridgehead atoms. The second-order valence-electron chi connectivity index (χ2n) is 6.64. The standard InChI is InChI=1S/C21H19FN4O3/c22-16-1-4-18(5-2-16)25-7-9-26(10-8-25)21(27)15(12-23)13-24-17-3-6-19-20(11-17)29-14-28-19/h1-6,11,13,24H,7-10,14H2/b15-13-. The van der Waals surface area contributed by atoms with Gasteiger partial charge in [-0.15, -0.1) is 0 Å². The molecular formula is C21H19FN4O3. The van der Waals surface area contributed by atoms with Crippen LogP contribution in [0.5, 0.6) is 11.5 Å². The van der Waals surface area contributed by atoms with Gasteiger partial charge in [-0.25, -0.2) is 4.39 Å². The molecule has 0 atom stereocenters. The van der Waals surface area contributed by atoms with Gasteiger partial charge in [0.05, 0.1) is 0 Å². The third-order valence-electron chi connectivity index (χ3n) is 4.87. The third kappa shape index (κ3) is 4.09. The van der Waals surface area contributed by atoms with Crippen LogP contribution in [0, 0.1) is 17.1 Å². The highest BCUT2D eigenvalue weighted by atomic mass is 19.1. The van der Waals surface area contributed by atoms with Crippen molar-refractivity contribution in [3.63, 3.8) is 0 Å². The molecule has 29 heavy (non-hydrogen) atoms. The van der Waals surface area contributed by atoms with Crippen molar-refractivity contribution in [2.24, 2.45) is 0 Å². The van der Waals surface area contributed by atoms with E-state index in [0.29, 0.717) is 43.4 Å². The molecule has 0 aromatic heterocycles. The first-order valence-electron chi connectivity index (χ1n) is 9.20. The van der Waals surface area contributed by atoms with Crippen molar-refractivity contribution in [3.05, 3.63) is 60.1 Å². The Balaban J connectivity index is 1.37. The zero-order valence-corrected chi connectivity index (χ0v) is 15.6. The molecule has 0 unspecified atom stereocenters. The Bertz CT molecular complexity index is 976. The monoisotopic (exact) mass is 394 g/mol. The molecule has 0 spiro atoms. The predicted octanol–water partition coefficient (Wildman–Crippen LogP) is 2.72. The molecule has 1 amide bonds. The number of amides is 1. The van der Waals surface area contributed by atoms with Gasteiger partial charge in [0.15, 0.2) is 11.5 Å². The Kier molecular flexibility index (Phi) is 5.20. The summed E-state index contributed by atoms with van der Waals surface area (Å²) in [5, 5.41) is 12.4. The summed E-state index contributed by atoms with van der Waals surface area (Å²) in [7, 11) is 0. The number of nitriles is 1. The number of hydrogen-bond acceptors (Lipinski definition) is 6. The molecule has 0 radical (unpaired) electrons. The maximum atomic E-state index is 13.1. The summed E-state index contributed by atoms with van der Waals surface area (Å²) >= 11 is 0. The van der Waals surface area contributed by atoms with Crippen LogP contribution in [-0.2, 0) is 4.79 Å². The van der Waals surface area contributed by atoms with Crippen molar-refractivity contribution in [2.45, 2.75) is 0 Å². The summed E-state index contributed by atoms with van der Waals surface area (Å²) in [6.07, 6.45) is 1.41. The van der Waals surface area contributed by atoms with Gasteiger partial charge in [0.25, 0.3) is 5.91 Å². The quantitative estimate of drug-likeness (QED) is 0.635. The highest BCUT2D eigenvalue weighted by molar-refractivity contribution is 5.97. The van der Waals surface area contributed by atoms with Gasteiger partial charge < -0.3 is 24.6 Å². The van der Waals surface area contributed by atoms with E-state index in [1.165, 1.54) is 18.3 Å². The van der Waals surface area contributed by atoms with E-state index in [1.807, 2.05) is 6.07 Å². The van der Waals surface area contributed by atoms with Crippen molar-refractivity contribution < 1.29 is 18.7 Å². The lowest BCUT2D eigenvalue weighted by Gasteiger charge is -2.36. The van der Waals surface area contributed by atoms with Crippen molar-refractivity contribution in [1.82, 2.24) is 4.90 Å². The van der Waals surface area contributed by atoms with Gasteiger partial charge in [-0.1, -0.05) is 0 Å². The van der Waals surface area contributed by atoms with Crippen LogP contribution in [0.3, 0.4) is 0 Å². The van der Waals surface area contributed by atoms with Crippen molar-refractivity contribution >= 4 is 17.3 Å². The molecule has 2 aromatic carbocycles. The maximum Gasteiger partial charge on any atom is 0.266 e. The molecular weight excluding hydrogens is 375 g/mol. The van der Waals surface area contributed by atoms with E-state index >= 15 is 0 Å². The van der Waals surface area contributed by atoms with Crippen LogP contribution in [-0.4, -0.2) is 43.8 Å². The normalized spacial score (nSPS) is 15.8. The highest BCUT2D eigenvalue weighted by Gasteiger charge is 2.24. The number of benzene rings is 2. The number of nitrogens with one attached hydrogen (secondary N) is 1. The summed E-state index contributed by atoms with van der Waals surface area (Å²) in [6, 6.07) is 13.6. The zero-order chi connectivity index (χ0) is 20.2. The van der Waals surface area contributed by atoms with Crippen molar-refractivity contribution in [2.75, 3.05) is 43.2 Å². The lowest BCUT2D eigenvalue weighted by molar-refractivity contribution is -0.127. The molecule has 7 nitrogen and oxygen atoms in total. The topological polar surface area (TPSA) is 77.8 Å². The number of ether oxygens (including phenoxy) is 2. The minimum atomic E-state index is -0.320. The lowest BCUT2D eigenvalue weighted by atomic mass is 10.2. The fraction of sp³-hybridized carbons (Fsp3) is 0.238. The molecule has 4 rings (SSSR count). The van der Waals surface area contributed by atoms with Crippen LogP contribution >= 0.6 is 0 Å². The molecule has 1 saturated heterocycles. The summed E-state index contributed by atoms with van der Waals surface area (Å²) in [4.78, 5) is 16.4. The van der Waals surface area contributed by atoms with E-state index in [2.05, 4.69) is 10.2 Å². The number of halogens is 1. The number of nitrogens with zero attached hydrogens (tertiary/aromatic N) is 3. The average Bonchev–Trinajstić information content (AvgIpc) is 3.23. The third-order valence-corrected chi connectivity index (χ3v) is 4.87. The second-order valence-corrected chi connectivity index (χ2v) is 6.64. The Morgan fingerprint density at radius 2 is 1.79 bits per heavy atom. The summed E-state index contributed by atoms with van der Waals surface area (Å²) < 4.78 is 23.7. The van der Waals surface area contributed by atoms with Crippen LogP contribution < -0.4 is 19.7 Å². The first-order chi connectivity index (χ1) is 14.1. The van der Waals surface area contributed by atoms with Crippen molar-refractivity contribution in [1.29, 1.82) is 5.26 Å². The molecule has 2 aliphatic rings. The van der Waals surface area contributed by atoms with Gasteiger partial charge in [-0.05, 0) is 36.4 Å². The molecule has 1 fully saturated rings. The van der Waals surface area contributed by atoms with Crippen LogP contribution in [0.4, 0.5) is 15.8 Å². The summed E-state index contributed by atoms with van der Waals surface area (Å²) in [5.74, 6) is 0.682. The van der Waals surface area contributed by atoms with Gasteiger partial charge in [0, 0.05) is 49.8 Å². The number of fused-ring (bicyclic) bond motifs is 1. The van der Waals surface area contributed by atoms with E-state index < -0.39 is 0 Å². The van der Waals surface area contributed by atoms with Crippen LogP contribution in [0.15, 0.2) is 54.2 Å². The smallest absolute Gasteiger partial charge is 0.266 e. The Morgan fingerprint density at radius 3 is 2.52 bits per heavy atom. The molecule has 1 N–H and O–H groups in total. The molecule has 148 valence electrons. The molecule has 2 aliphatic heterocycles. The number of rotatable bonds is 4. The van der Waals surface area contributed by atoms with Crippen LogP contribution in [0.1, 0.15) is 0 Å². The number of anilines is 2. The lowest BCUT2D eigenvalue weighted by Crippen LogP contribution is -2.49. The maximum absolute atomic E-state index is 13.1. The number of piperazine rings is 1. The molecule has 0 saturated carbocycles. The fourth-order valence-electron chi connectivity index (χ4n) is 3.27. The number of carbonyl (C=O) groups is 1. The SMILES string of the molecule is N#C/C(=C/Nc1ccc2c(c1)OCO2)C(=O)N1CCN(c2ccc(F)cc2)CC1. The Labute approximate surface area is 167 Å². The second kappa shape index (κ2) is 8.10. The molecule has 2 aromatic rings. The Morgan fingerprint density at radius 1 is 1.07 bits per heavy atom. The molecule has 0 aliphatic carbocycles. The largest absolute Gasteiger partial charge is 0.454 e. The molecule has 2 heterocycles. The van der Waals surface area contributed by atoms with Crippen molar-refractivity contribution in [3.8, 4) is 17.6 Å². The molecule has 8 heteroatoms. The van der Waals surface area contributed by atoms with E-state index in [9.17, 15) is 14.4 Å². The van der Waals surface area contributed by atoms with Gasteiger partial charge in [-0.3, -0.25) is 4.79 Å². The van der Waals surface area contributed by atoms with Gasteiger partial charge in [0.1, 0.15) is 17.5 Å². The van der Waals surface area contributed by atoms with E-state index in [0.717, 1.165) is 5.69 Å².